The van der Waals surface area contributed by atoms with Crippen molar-refractivity contribution in [3.05, 3.63) is 106 Å². The molecule has 4 aromatic rings. The number of aromatic nitrogens is 1. The largest absolute Gasteiger partial charge is 0.493 e. The van der Waals surface area contributed by atoms with Gasteiger partial charge in [0.1, 0.15) is 36.5 Å². The molecule has 1 fully saturated rings. The minimum absolute atomic E-state index is 0.308. The van der Waals surface area contributed by atoms with Crippen LogP contribution in [0.5, 0.6) is 17.2 Å². The first kappa shape index (κ1) is 48.6. The zero-order chi connectivity index (χ0) is 41.2. The first-order chi connectivity index (χ1) is 26.7. The van der Waals surface area contributed by atoms with Crippen LogP contribution in [0, 0.1) is 38.0 Å². The number of ether oxygens (including phenoxy) is 3. The van der Waals surface area contributed by atoms with Gasteiger partial charge in [-0.1, -0.05) is 98.6 Å². The van der Waals surface area contributed by atoms with Crippen LogP contribution in [0.3, 0.4) is 0 Å². The smallest absolute Gasteiger partial charge is 0.128 e. The number of nitriles is 1. The fourth-order valence-corrected chi connectivity index (χ4v) is 6.10. The number of hydrogen-bond donors (Lipinski definition) is 1. The van der Waals surface area contributed by atoms with Crippen LogP contribution >= 0.6 is 0 Å². The Morgan fingerprint density at radius 2 is 1.42 bits per heavy atom. The first-order valence-corrected chi connectivity index (χ1v) is 20.6. The zero-order valence-electron chi connectivity index (χ0n) is 36.6. The predicted octanol–water partition coefficient (Wildman–Crippen LogP) is 12.0. The van der Waals surface area contributed by atoms with Crippen molar-refractivity contribution < 1.29 is 14.2 Å². The highest BCUT2D eigenvalue weighted by atomic mass is 16.5. The number of hydrogen-bond acceptors (Lipinski definition) is 7. The summed E-state index contributed by atoms with van der Waals surface area (Å²) in [4.78, 5) is 6.55. The number of nitrogens with one attached hydrogen (secondary N) is 1. The second-order valence-electron chi connectivity index (χ2n) is 13.5. The molecule has 7 nitrogen and oxygen atoms in total. The maximum atomic E-state index is 9.22. The summed E-state index contributed by atoms with van der Waals surface area (Å²) in [5.74, 6) is 3.05. The summed E-state index contributed by atoms with van der Waals surface area (Å²) in [6.07, 6.45) is 8.23. The van der Waals surface area contributed by atoms with Gasteiger partial charge in [-0.3, -0.25) is 4.98 Å². The van der Waals surface area contributed by atoms with Crippen LogP contribution in [0.25, 0.3) is 11.1 Å². The second-order valence-corrected chi connectivity index (χ2v) is 13.5. The standard InChI is InChI=1S/C38H44N4O3.2C3H8.2C2H6/c1-26-15-33(21-40-4)38(44-24-31-16-30(18-39)19-41-20-31)17-37(26)45-25-32-10-6-11-34(27(32)2)35-12-7-13-36(28(35)3)43-23-29-9-8-14-42(5)22-29;2*1-3-2;2*1-2/h6-7,10-13,15-17,19-20,29,40H,8-9,14,21-25H2,1-5H3;2*3H2,1-2H3;2*1-2H3. The van der Waals surface area contributed by atoms with Gasteiger partial charge in [0.25, 0.3) is 0 Å². The molecule has 3 aromatic carbocycles. The van der Waals surface area contributed by atoms with Crippen LogP contribution in [-0.4, -0.2) is 43.7 Å². The Kier molecular flexibility index (Phi) is 24.8. The summed E-state index contributed by atoms with van der Waals surface area (Å²) in [7, 11) is 4.11. The Bertz CT molecular complexity index is 1700. The third-order valence-electron chi connectivity index (χ3n) is 8.64. The van der Waals surface area contributed by atoms with Gasteiger partial charge in [-0.15, -0.1) is 0 Å². The lowest BCUT2D eigenvalue weighted by atomic mass is 9.93. The third kappa shape index (κ3) is 16.1. The van der Waals surface area contributed by atoms with Crippen molar-refractivity contribution in [3.8, 4) is 34.4 Å². The number of rotatable bonds is 12. The summed E-state index contributed by atoms with van der Waals surface area (Å²) < 4.78 is 19.1. The minimum Gasteiger partial charge on any atom is -0.493 e. The normalized spacial score (nSPS) is 13.1. The third-order valence-corrected chi connectivity index (χ3v) is 8.64. The molecule has 302 valence electrons. The van der Waals surface area contributed by atoms with Crippen LogP contribution < -0.4 is 19.5 Å². The molecule has 1 N–H and O–H groups in total. The van der Waals surface area contributed by atoms with E-state index in [4.69, 9.17) is 14.2 Å². The van der Waals surface area contributed by atoms with Crippen LogP contribution in [0.1, 0.15) is 120 Å². The van der Waals surface area contributed by atoms with Gasteiger partial charge in [-0.2, -0.15) is 5.26 Å². The minimum atomic E-state index is 0.308. The van der Waals surface area contributed by atoms with E-state index in [1.807, 2.05) is 40.8 Å². The Morgan fingerprint density at radius 1 is 0.782 bits per heavy atom. The molecule has 55 heavy (non-hydrogen) atoms. The van der Waals surface area contributed by atoms with Gasteiger partial charge in [-0.05, 0) is 106 Å². The summed E-state index contributed by atoms with van der Waals surface area (Å²) in [5, 5.41) is 12.4. The monoisotopic (exact) mass is 753 g/mol. The molecule has 5 rings (SSSR count). The predicted molar refractivity (Wildman–Crippen MR) is 233 cm³/mol. The van der Waals surface area contributed by atoms with Crippen LogP contribution in [0.4, 0.5) is 0 Å². The van der Waals surface area contributed by atoms with Crippen molar-refractivity contribution in [3.63, 3.8) is 0 Å². The van der Waals surface area contributed by atoms with Gasteiger partial charge < -0.3 is 24.4 Å². The molecule has 2 heterocycles. The van der Waals surface area contributed by atoms with E-state index in [1.165, 1.54) is 48.9 Å². The van der Waals surface area contributed by atoms with Crippen LogP contribution in [0.2, 0.25) is 0 Å². The topological polar surface area (TPSA) is 79.6 Å². The SMILES string of the molecule is CC.CC.CCC.CCC.CNCc1cc(C)c(OCc2cccc(-c3cccc(OCC4CCCN(C)C4)c3C)c2C)cc1OCc1cncc(C#N)c1. The lowest BCUT2D eigenvalue weighted by Crippen LogP contribution is -2.34. The molecule has 1 aliphatic rings. The van der Waals surface area contributed by atoms with Crippen molar-refractivity contribution in [2.45, 2.75) is 122 Å². The van der Waals surface area contributed by atoms with E-state index < -0.39 is 0 Å². The van der Waals surface area contributed by atoms with Crippen molar-refractivity contribution in [1.29, 1.82) is 5.26 Å². The quantitative estimate of drug-likeness (QED) is 0.154. The molecule has 7 heteroatoms. The summed E-state index contributed by atoms with van der Waals surface area (Å²) in [5.41, 5.74) is 9.29. The number of nitrogens with zero attached hydrogens (tertiary/aromatic N) is 3. The van der Waals surface area contributed by atoms with E-state index in [0.29, 0.717) is 31.2 Å². The van der Waals surface area contributed by atoms with E-state index in [-0.39, 0.29) is 0 Å². The Labute approximate surface area is 335 Å². The molecular weight excluding hydrogens is 681 g/mol. The lowest BCUT2D eigenvalue weighted by molar-refractivity contribution is 0.150. The van der Waals surface area contributed by atoms with Crippen molar-refractivity contribution >= 4 is 0 Å². The number of benzene rings is 3. The highest BCUT2D eigenvalue weighted by Crippen LogP contribution is 2.35. The van der Waals surface area contributed by atoms with E-state index in [2.05, 4.69) is 119 Å². The van der Waals surface area contributed by atoms with Gasteiger partial charge in [-0.25, -0.2) is 0 Å². The summed E-state index contributed by atoms with van der Waals surface area (Å²) >= 11 is 0. The molecule has 1 saturated heterocycles. The Balaban J connectivity index is 0.00000138. The van der Waals surface area contributed by atoms with Crippen LogP contribution in [0.15, 0.2) is 67.0 Å². The molecule has 0 bridgehead atoms. The van der Waals surface area contributed by atoms with Gasteiger partial charge >= 0.3 is 0 Å². The molecule has 1 atom stereocenters. The molecule has 1 aliphatic heterocycles. The molecular formula is C48H72N4O3. The van der Waals surface area contributed by atoms with Crippen LogP contribution in [-0.2, 0) is 19.8 Å². The molecule has 1 aromatic heterocycles. The van der Waals surface area contributed by atoms with Gasteiger partial charge in [0, 0.05) is 48.6 Å². The average molecular weight is 753 g/mol. The zero-order valence-corrected chi connectivity index (χ0v) is 36.6. The Hall–Kier alpha value is -4.38. The average Bonchev–Trinajstić information content (AvgIpc) is 3.20. The molecule has 0 aliphatic carbocycles. The number of likely N-dealkylation sites (tertiary alicyclic amines) is 1. The molecule has 0 radical (unpaired) electrons. The highest BCUT2D eigenvalue weighted by molar-refractivity contribution is 5.73. The second kappa shape index (κ2) is 28.1. The number of piperidine rings is 1. The van der Waals surface area contributed by atoms with E-state index in [1.54, 1.807) is 18.5 Å². The van der Waals surface area contributed by atoms with Crippen molar-refractivity contribution in [2.75, 3.05) is 33.8 Å². The lowest BCUT2D eigenvalue weighted by Gasteiger charge is -2.29. The van der Waals surface area contributed by atoms with Crippen molar-refractivity contribution in [2.24, 2.45) is 5.92 Å². The van der Waals surface area contributed by atoms with Gasteiger partial charge in [0.2, 0.25) is 0 Å². The molecule has 0 amide bonds. The maximum Gasteiger partial charge on any atom is 0.128 e. The molecule has 1 unspecified atom stereocenters. The fraction of sp³-hybridized carbons (Fsp3) is 0.500. The van der Waals surface area contributed by atoms with E-state index in [0.717, 1.165) is 58.2 Å². The summed E-state index contributed by atoms with van der Waals surface area (Å²) in [6, 6.07) is 20.8. The molecule has 0 spiro atoms. The highest BCUT2D eigenvalue weighted by Gasteiger charge is 2.19. The van der Waals surface area contributed by atoms with Gasteiger partial charge in [0.15, 0.2) is 0 Å². The maximum absolute atomic E-state index is 9.22. The Morgan fingerprint density at radius 3 is 2.05 bits per heavy atom. The van der Waals surface area contributed by atoms with E-state index in [9.17, 15) is 5.26 Å². The fourth-order valence-electron chi connectivity index (χ4n) is 6.10. The molecule has 0 saturated carbocycles. The van der Waals surface area contributed by atoms with Gasteiger partial charge in [0.05, 0.1) is 12.2 Å². The summed E-state index contributed by atoms with van der Waals surface area (Å²) in [6.45, 7) is 27.3. The van der Waals surface area contributed by atoms with E-state index >= 15 is 0 Å². The first-order valence-electron chi connectivity index (χ1n) is 20.6. The van der Waals surface area contributed by atoms with Crippen molar-refractivity contribution in [1.82, 2.24) is 15.2 Å². The number of pyridine rings is 1. The number of aryl methyl sites for hydroxylation is 1.